The molecule has 448 valence electrons. The van der Waals surface area contributed by atoms with Crippen LogP contribution in [0, 0.1) is 5.41 Å². The van der Waals surface area contributed by atoms with E-state index in [1.54, 1.807) is 30.3 Å². The Morgan fingerprint density at radius 1 is 0.831 bits per heavy atom. The molecule has 17 nitrogen and oxygen atoms in total. The molecule has 4 aliphatic rings. The standard InChI is InChI=1S/C59H72ClF3N8O9S3/c1-58(43-69-27-31-71(32-28-69)56(72)9-5-6-35-79-55-22-36-80-66-55)23-20-52(44-10-12-46(60)13-11-44)45(40-58)41-68-25-29-70(30-26-68)49-16-14-47(15-17-49)65-57(73)82(74,75)51-18-19-53(54(39-51)83(76,77)59(61,62)63)64-48(21-24-67-33-37-78-38-34-67)42-81-50-7-3-2-4-8-50/h2-4,7-8,10-19,22,36,39,48,64H,5-6,9,20-21,23-35,37-38,40-43H2,1H3,(H,65,73)/t48-,58-/m1/s1. The fraction of sp³-hybridized carbons (Fsp3) is 0.475. The number of unbranched alkanes of at least 4 members (excludes halogenated alkanes) is 1. The number of ether oxygens (including phenoxy) is 2. The van der Waals surface area contributed by atoms with Crippen molar-refractivity contribution in [2.24, 2.45) is 5.41 Å². The van der Waals surface area contributed by atoms with E-state index in [0.717, 1.165) is 94.1 Å². The van der Waals surface area contributed by atoms with Gasteiger partial charge in [-0.1, -0.05) is 54.4 Å². The Labute approximate surface area is 493 Å². The molecule has 2 N–H and O–H groups in total. The maximum Gasteiger partial charge on any atom is 0.501 e. The highest BCUT2D eigenvalue weighted by molar-refractivity contribution is 8.06. The van der Waals surface area contributed by atoms with Gasteiger partial charge in [0.1, 0.15) is 11.2 Å². The zero-order valence-electron chi connectivity index (χ0n) is 46.5. The largest absolute Gasteiger partial charge is 0.501 e. The minimum Gasteiger partial charge on any atom is -0.476 e. The van der Waals surface area contributed by atoms with Crippen molar-refractivity contribution >= 4 is 76.8 Å². The van der Waals surface area contributed by atoms with Gasteiger partial charge in [-0.15, -0.1) is 11.8 Å². The lowest BCUT2D eigenvalue weighted by Gasteiger charge is -2.44. The predicted molar refractivity (Wildman–Crippen MR) is 317 cm³/mol. The van der Waals surface area contributed by atoms with Crippen LogP contribution in [-0.4, -0.2) is 175 Å². The fourth-order valence-electron chi connectivity index (χ4n) is 11.2. The summed E-state index contributed by atoms with van der Waals surface area (Å²) in [6, 6.07) is 27.5. The maximum absolute atomic E-state index is 14.3. The van der Waals surface area contributed by atoms with Crippen LogP contribution in [0.15, 0.2) is 134 Å². The number of carbonyl (C=O) groups is 2. The lowest BCUT2D eigenvalue weighted by Crippen LogP contribution is -2.51. The van der Waals surface area contributed by atoms with Crippen molar-refractivity contribution in [3.05, 3.63) is 126 Å². The normalized spacial score (nSPS) is 19.4. The minimum absolute atomic E-state index is 0.0357. The summed E-state index contributed by atoms with van der Waals surface area (Å²) >= 11 is 7.78. The van der Waals surface area contributed by atoms with Gasteiger partial charge in [-0.05, 0) is 127 Å². The third kappa shape index (κ3) is 16.6. The molecule has 5 aromatic rings. The van der Waals surface area contributed by atoms with Crippen LogP contribution in [0.4, 0.5) is 35.0 Å². The van der Waals surface area contributed by atoms with E-state index in [-0.39, 0.29) is 17.0 Å². The highest BCUT2D eigenvalue weighted by Gasteiger charge is 2.49. The summed E-state index contributed by atoms with van der Waals surface area (Å²) in [5.74, 6) is 0.978. The molecule has 3 fully saturated rings. The molecule has 24 heteroatoms. The third-order valence-corrected chi connectivity index (χ3v) is 20.3. The molecule has 9 rings (SSSR count). The van der Waals surface area contributed by atoms with Gasteiger partial charge < -0.3 is 34.4 Å². The van der Waals surface area contributed by atoms with E-state index < -0.39 is 51.9 Å². The number of nitrogens with zero attached hydrogens (tertiary/aromatic N) is 6. The summed E-state index contributed by atoms with van der Waals surface area (Å²) in [5, 5.41) is 8.25. The van der Waals surface area contributed by atoms with Gasteiger partial charge in [-0.3, -0.25) is 24.3 Å². The number of anilines is 3. The van der Waals surface area contributed by atoms with Gasteiger partial charge in [0.15, 0.2) is 0 Å². The Balaban J connectivity index is 0.798. The van der Waals surface area contributed by atoms with Crippen LogP contribution in [0.5, 0.6) is 5.88 Å². The Hall–Kier alpha value is -5.66. The van der Waals surface area contributed by atoms with Gasteiger partial charge in [-0.25, -0.2) is 16.8 Å². The molecule has 1 aromatic heterocycles. The average Bonchev–Trinajstić information content (AvgIpc) is 2.74. The van der Waals surface area contributed by atoms with Crippen molar-refractivity contribution < 1.29 is 53.6 Å². The van der Waals surface area contributed by atoms with E-state index in [4.69, 9.17) is 25.6 Å². The number of allylic oxidation sites excluding steroid dienone is 1. The first-order valence-electron chi connectivity index (χ1n) is 28.2. The molecule has 2 atom stereocenters. The minimum atomic E-state index is -6.11. The molecule has 3 saturated heterocycles. The molecule has 1 aliphatic carbocycles. The van der Waals surface area contributed by atoms with Gasteiger partial charge in [0.25, 0.3) is 25.6 Å². The van der Waals surface area contributed by atoms with Crippen LogP contribution in [-0.2, 0) is 29.2 Å². The number of hydrogen-bond donors (Lipinski definition) is 2. The SMILES string of the molecule is C[C@@]1(CN2CCN(C(=O)CCCCOc3ccon3)CC2)CCC(c2ccc(Cl)cc2)=C(CN2CCN(c3ccc(NC(=O)S(=O)(=O)c4ccc(N[C@H](CCN5CCOCC5)CSc5ccccc5)c(S(=O)(=O)C(F)(F)F)c4)cc3)CC2)C1. The Kier molecular flexibility index (Phi) is 20.9. The number of piperazine rings is 2. The van der Waals surface area contributed by atoms with Gasteiger partial charge in [0, 0.05) is 131 Å². The number of thioether (sulfide) groups is 1. The Bertz CT molecular complexity index is 3220. The van der Waals surface area contributed by atoms with Crippen LogP contribution in [0.2, 0.25) is 5.02 Å². The molecule has 0 saturated carbocycles. The lowest BCUT2D eigenvalue weighted by atomic mass is 9.71. The smallest absolute Gasteiger partial charge is 0.476 e. The number of benzene rings is 4. The van der Waals surface area contributed by atoms with E-state index >= 15 is 0 Å². The van der Waals surface area contributed by atoms with Crippen LogP contribution < -0.4 is 20.3 Å². The first kappa shape index (κ1) is 61.9. The molecule has 0 spiro atoms. The molecule has 0 radical (unpaired) electrons. The molecule has 3 aliphatic heterocycles. The molecular weight excluding hydrogens is 1150 g/mol. The number of aromatic nitrogens is 1. The number of morpholine rings is 1. The van der Waals surface area contributed by atoms with E-state index in [0.29, 0.717) is 101 Å². The summed E-state index contributed by atoms with van der Waals surface area (Å²) in [7, 11) is -11.2. The number of halogens is 4. The van der Waals surface area contributed by atoms with Crippen molar-refractivity contribution in [1.82, 2.24) is 24.8 Å². The Morgan fingerprint density at radius 2 is 1.54 bits per heavy atom. The van der Waals surface area contributed by atoms with Gasteiger partial charge in [0.2, 0.25) is 5.91 Å². The number of rotatable bonds is 23. The van der Waals surface area contributed by atoms with Crippen molar-refractivity contribution in [3.8, 4) is 5.88 Å². The summed E-state index contributed by atoms with van der Waals surface area (Å²) in [6.45, 7) is 13.6. The van der Waals surface area contributed by atoms with E-state index in [1.807, 2.05) is 47.4 Å². The van der Waals surface area contributed by atoms with Crippen molar-refractivity contribution in [3.63, 3.8) is 0 Å². The molecule has 4 aromatic carbocycles. The molecular formula is C59H72ClF3N8O9S3. The highest BCUT2D eigenvalue weighted by Crippen LogP contribution is 2.44. The lowest BCUT2D eigenvalue weighted by molar-refractivity contribution is -0.133. The van der Waals surface area contributed by atoms with Crippen molar-refractivity contribution in [2.75, 3.05) is 126 Å². The average molecular weight is 1230 g/mol. The number of amides is 2. The number of sulfone groups is 2. The van der Waals surface area contributed by atoms with Gasteiger partial charge in [-0.2, -0.15) is 13.2 Å². The molecule has 4 heterocycles. The van der Waals surface area contributed by atoms with Crippen LogP contribution >= 0.6 is 23.4 Å². The first-order chi connectivity index (χ1) is 39.8. The highest BCUT2D eigenvalue weighted by atomic mass is 35.5. The van der Waals surface area contributed by atoms with E-state index in [9.17, 15) is 39.6 Å². The topological polar surface area (TPSA) is 187 Å². The van der Waals surface area contributed by atoms with Gasteiger partial charge in [0.05, 0.1) is 30.4 Å². The molecule has 0 unspecified atom stereocenters. The summed E-state index contributed by atoms with van der Waals surface area (Å²) in [6.07, 6.45) is 6.78. The Morgan fingerprint density at radius 3 is 2.23 bits per heavy atom. The predicted octanol–water partition coefficient (Wildman–Crippen LogP) is 10.1. The first-order valence-corrected chi connectivity index (χ1v) is 32.5. The van der Waals surface area contributed by atoms with Gasteiger partial charge >= 0.3 is 10.7 Å². The summed E-state index contributed by atoms with van der Waals surface area (Å²) < 4.78 is 113. The zero-order chi connectivity index (χ0) is 58.6. The second-order valence-corrected chi connectivity index (χ2v) is 27.2. The van der Waals surface area contributed by atoms with Crippen LogP contribution in [0.25, 0.3) is 5.57 Å². The number of carbonyl (C=O) groups excluding carboxylic acids is 2. The molecule has 83 heavy (non-hydrogen) atoms. The van der Waals surface area contributed by atoms with Crippen molar-refractivity contribution in [2.45, 2.75) is 78.1 Å². The van der Waals surface area contributed by atoms with Crippen molar-refractivity contribution in [1.29, 1.82) is 0 Å². The maximum atomic E-state index is 14.3. The van der Waals surface area contributed by atoms with Crippen LogP contribution in [0.1, 0.15) is 57.4 Å². The number of nitrogens with one attached hydrogen (secondary N) is 2. The number of hydrogen-bond acceptors (Lipinski definition) is 16. The summed E-state index contributed by atoms with van der Waals surface area (Å²) in [4.78, 5) is 36.6. The molecule has 2 amide bonds. The van der Waals surface area contributed by atoms with Crippen LogP contribution in [0.3, 0.4) is 0 Å². The number of alkyl halides is 3. The molecule has 0 bridgehead atoms. The second kappa shape index (κ2) is 28.0. The zero-order valence-corrected chi connectivity index (χ0v) is 49.7. The second-order valence-electron chi connectivity index (χ2n) is 21.9. The summed E-state index contributed by atoms with van der Waals surface area (Å²) in [5.41, 5.74) is -1.25. The third-order valence-electron chi connectivity index (χ3n) is 15.8. The van der Waals surface area contributed by atoms with E-state index in [1.165, 1.54) is 34.7 Å². The fourth-order valence-corrected chi connectivity index (χ4v) is 14.3. The quantitative estimate of drug-likeness (QED) is 0.0464. The monoisotopic (exact) mass is 1220 g/mol. The van der Waals surface area contributed by atoms with E-state index in [2.05, 4.69) is 54.4 Å².